The van der Waals surface area contributed by atoms with Gasteiger partial charge in [0, 0.05) is 4.88 Å². The summed E-state index contributed by atoms with van der Waals surface area (Å²) in [7, 11) is 0. The lowest BCUT2D eigenvalue weighted by molar-refractivity contribution is -0.114. The molecule has 0 aliphatic heterocycles. The van der Waals surface area contributed by atoms with Crippen LogP contribution in [-0.2, 0) is 4.79 Å². The molecule has 0 saturated carbocycles. The number of carbonyl (C=O) groups is 1. The Labute approximate surface area is 74.8 Å². The number of thiophene rings is 1. The topological polar surface area (TPSA) is 17.1 Å². The van der Waals surface area contributed by atoms with Gasteiger partial charge in [0.25, 0.3) is 0 Å². The molecule has 1 heterocycles. The highest BCUT2D eigenvalue weighted by molar-refractivity contribution is 8.01. The zero-order chi connectivity index (χ0) is 8.27. The van der Waals surface area contributed by atoms with Crippen molar-refractivity contribution in [1.29, 1.82) is 0 Å². The van der Waals surface area contributed by atoms with Crippen LogP contribution in [0.25, 0.3) is 0 Å². The van der Waals surface area contributed by atoms with E-state index in [2.05, 4.69) is 19.1 Å². The van der Waals surface area contributed by atoms with Crippen LogP contribution in [0.2, 0.25) is 0 Å². The van der Waals surface area contributed by atoms with E-state index in [-0.39, 0.29) is 5.78 Å². The molecule has 0 radical (unpaired) electrons. The van der Waals surface area contributed by atoms with Crippen LogP contribution < -0.4 is 0 Å². The molecule has 0 spiro atoms. The van der Waals surface area contributed by atoms with Gasteiger partial charge in [-0.2, -0.15) is 0 Å². The summed E-state index contributed by atoms with van der Waals surface area (Å²) in [5.41, 5.74) is 0. The molecular weight excluding hydrogens is 176 g/mol. The minimum atomic E-state index is 0.237. The SMILES string of the molecule is CC(=O)CSc1ccc(C)s1. The van der Waals surface area contributed by atoms with Gasteiger partial charge in [0.15, 0.2) is 0 Å². The summed E-state index contributed by atoms with van der Waals surface area (Å²) in [6.07, 6.45) is 0. The van der Waals surface area contributed by atoms with Crippen LogP contribution in [0.15, 0.2) is 16.3 Å². The molecule has 0 N–H and O–H groups in total. The van der Waals surface area contributed by atoms with Gasteiger partial charge < -0.3 is 0 Å². The standard InChI is InChI=1S/C8H10OS2/c1-6(9)5-10-8-4-3-7(2)11-8/h3-4H,5H2,1-2H3. The van der Waals surface area contributed by atoms with Crippen molar-refractivity contribution >= 4 is 28.9 Å². The molecule has 0 amide bonds. The maximum absolute atomic E-state index is 10.6. The molecule has 1 aromatic heterocycles. The Balaban J connectivity index is 2.45. The van der Waals surface area contributed by atoms with Crippen LogP contribution >= 0.6 is 23.1 Å². The predicted octanol–water partition coefficient (Wildman–Crippen LogP) is 2.74. The molecule has 0 aromatic carbocycles. The zero-order valence-corrected chi connectivity index (χ0v) is 8.22. The van der Waals surface area contributed by atoms with E-state index in [9.17, 15) is 4.79 Å². The minimum Gasteiger partial charge on any atom is -0.299 e. The number of thioether (sulfide) groups is 1. The lowest BCUT2D eigenvalue weighted by Crippen LogP contribution is -1.91. The second-order valence-electron chi connectivity index (χ2n) is 2.36. The van der Waals surface area contributed by atoms with Gasteiger partial charge in [0.2, 0.25) is 0 Å². The van der Waals surface area contributed by atoms with Crippen molar-refractivity contribution in [3.8, 4) is 0 Å². The van der Waals surface area contributed by atoms with Crippen molar-refractivity contribution in [2.24, 2.45) is 0 Å². The predicted molar refractivity (Wildman–Crippen MR) is 50.5 cm³/mol. The van der Waals surface area contributed by atoms with Crippen molar-refractivity contribution in [2.45, 2.75) is 18.1 Å². The maximum atomic E-state index is 10.6. The smallest absolute Gasteiger partial charge is 0.140 e. The molecule has 0 aliphatic carbocycles. The highest BCUT2D eigenvalue weighted by Gasteiger charge is 1.98. The van der Waals surface area contributed by atoms with Gasteiger partial charge in [-0.25, -0.2) is 0 Å². The van der Waals surface area contributed by atoms with E-state index < -0.39 is 0 Å². The molecule has 60 valence electrons. The average molecular weight is 186 g/mol. The normalized spacial score (nSPS) is 10.0. The zero-order valence-electron chi connectivity index (χ0n) is 6.59. The number of hydrogen-bond acceptors (Lipinski definition) is 3. The number of hydrogen-bond donors (Lipinski definition) is 0. The Morgan fingerprint density at radius 2 is 2.36 bits per heavy atom. The Bertz CT molecular complexity index is 252. The number of aryl methyl sites for hydroxylation is 1. The van der Waals surface area contributed by atoms with Gasteiger partial charge in [-0.1, -0.05) is 0 Å². The molecule has 0 aliphatic rings. The van der Waals surface area contributed by atoms with E-state index in [1.54, 1.807) is 30.0 Å². The molecule has 1 nitrogen and oxygen atoms in total. The summed E-state index contributed by atoms with van der Waals surface area (Å²) in [5.74, 6) is 0.834. The molecule has 3 heteroatoms. The first-order valence-electron chi connectivity index (χ1n) is 3.37. The summed E-state index contributed by atoms with van der Waals surface area (Å²) >= 11 is 3.36. The van der Waals surface area contributed by atoms with Crippen LogP contribution in [0.4, 0.5) is 0 Å². The van der Waals surface area contributed by atoms with Gasteiger partial charge in [0.1, 0.15) is 5.78 Å². The third-order valence-corrected chi connectivity index (χ3v) is 3.50. The van der Waals surface area contributed by atoms with Gasteiger partial charge >= 0.3 is 0 Å². The molecule has 0 unspecified atom stereocenters. The van der Waals surface area contributed by atoms with Crippen LogP contribution in [0.5, 0.6) is 0 Å². The summed E-state index contributed by atoms with van der Waals surface area (Å²) < 4.78 is 1.23. The molecule has 0 fully saturated rings. The number of carbonyl (C=O) groups excluding carboxylic acids is 1. The van der Waals surface area contributed by atoms with Gasteiger partial charge in [-0.05, 0) is 26.0 Å². The van der Waals surface area contributed by atoms with Gasteiger partial charge in [-0.15, -0.1) is 23.1 Å². The number of Topliss-reactive ketones (excluding diaryl/α,β-unsaturated/α-hetero) is 1. The fourth-order valence-corrected chi connectivity index (χ4v) is 2.57. The molecule has 1 aromatic rings. The quantitative estimate of drug-likeness (QED) is 0.675. The van der Waals surface area contributed by atoms with Crippen LogP contribution in [-0.4, -0.2) is 11.5 Å². The van der Waals surface area contributed by atoms with E-state index in [1.807, 2.05) is 0 Å². The van der Waals surface area contributed by atoms with Crippen molar-refractivity contribution in [3.63, 3.8) is 0 Å². The monoisotopic (exact) mass is 186 g/mol. The van der Waals surface area contributed by atoms with Gasteiger partial charge in [0.05, 0.1) is 9.96 Å². The van der Waals surface area contributed by atoms with Crippen molar-refractivity contribution in [1.82, 2.24) is 0 Å². The van der Waals surface area contributed by atoms with Gasteiger partial charge in [-0.3, -0.25) is 4.79 Å². The van der Waals surface area contributed by atoms with Crippen molar-refractivity contribution < 1.29 is 4.79 Å². The third kappa shape index (κ3) is 3.08. The Morgan fingerprint density at radius 1 is 1.64 bits per heavy atom. The van der Waals surface area contributed by atoms with E-state index in [4.69, 9.17) is 0 Å². The summed E-state index contributed by atoms with van der Waals surface area (Å²) in [6, 6.07) is 4.14. The molecular formula is C8H10OS2. The van der Waals surface area contributed by atoms with Crippen LogP contribution in [0.1, 0.15) is 11.8 Å². The third-order valence-electron chi connectivity index (χ3n) is 1.13. The number of ketones is 1. The minimum absolute atomic E-state index is 0.237. The molecule has 1 rings (SSSR count). The number of rotatable bonds is 3. The van der Waals surface area contributed by atoms with Crippen LogP contribution in [0.3, 0.4) is 0 Å². The van der Waals surface area contributed by atoms with E-state index in [0.717, 1.165) is 0 Å². The lowest BCUT2D eigenvalue weighted by atomic mass is 10.5. The Kier molecular flexibility index (Phi) is 3.15. The summed E-state index contributed by atoms with van der Waals surface area (Å²) in [6.45, 7) is 3.69. The highest BCUT2D eigenvalue weighted by atomic mass is 32.2. The summed E-state index contributed by atoms with van der Waals surface area (Å²) in [5, 5.41) is 0. The summed E-state index contributed by atoms with van der Waals surface area (Å²) in [4.78, 5) is 11.9. The van der Waals surface area contributed by atoms with Crippen molar-refractivity contribution in [3.05, 3.63) is 17.0 Å². The molecule has 0 bridgehead atoms. The van der Waals surface area contributed by atoms with E-state index in [0.29, 0.717) is 5.75 Å². The van der Waals surface area contributed by atoms with Crippen molar-refractivity contribution in [2.75, 3.05) is 5.75 Å². The largest absolute Gasteiger partial charge is 0.299 e. The second kappa shape index (κ2) is 3.93. The molecule has 0 atom stereocenters. The Morgan fingerprint density at radius 3 is 2.82 bits per heavy atom. The molecule has 0 saturated heterocycles. The lowest BCUT2D eigenvalue weighted by Gasteiger charge is -1.91. The fraction of sp³-hybridized carbons (Fsp3) is 0.375. The fourth-order valence-electron chi connectivity index (χ4n) is 0.662. The van der Waals surface area contributed by atoms with E-state index >= 15 is 0 Å². The first-order chi connectivity index (χ1) is 5.18. The van der Waals surface area contributed by atoms with Crippen LogP contribution in [0, 0.1) is 6.92 Å². The maximum Gasteiger partial charge on any atom is 0.140 e. The van der Waals surface area contributed by atoms with E-state index in [1.165, 1.54) is 9.09 Å². The first kappa shape index (κ1) is 8.81. The first-order valence-corrected chi connectivity index (χ1v) is 5.17. The highest BCUT2D eigenvalue weighted by Crippen LogP contribution is 2.26. The second-order valence-corrected chi connectivity index (χ2v) is 4.92. The average Bonchev–Trinajstić information content (AvgIpc) is 2.31. The molecule has 11 heavy (non-hydrogen) atoms. The Hall–Kier alpha value is -0.280.